The van der Waals surface area contributed by atoms with Crippen molar-refractivity contribution < 1.29 is 131 Å². The van der Waals surface area contributed by atoms with E-state index >= 15 is 0 Å². The second-order valence-corrected chi connectivity index (χ2v) is 30.1. The molecule has 0 saturated carbocycles. The van der Waals surface area contributed by atoms with Crippen LogP contribution in [0, 0.1) is 0 Å². The number of aliphatic hydroxyl groups excluding tert-OH is 4. The first-order chi connectivity index (χ1) is 56.5. The van der Waals surface area contributed by atoms with Crippen molar-refractivity contribution in [1.29, 1.82) is 0 Å². The van der Waals surface area contributed by atoms with Crippen molar-refractivity contribution in [3.05, 3.63) is 149 Å². The van der Waals surface area contributed by atoms with Gasteiger partial charge in [0.2, 0.25) is 22.0 Å². The molecule has 5 aromatic carbocycles. The first-order valence-electron chi connectivity index (χ1n) is 37.1. The highest BCUT2D eigenvalue weighted by molar-refractivity contribution is 7.90. The Morgan fingerprint density at radius 2 is 1.13 bits per heavy atom. The molecule has 1 unspecified atom stereocenters. The van der Waals surface area contributed by atoms with Crippen molar-refractivity contribution in [2.45, 2.75) is 87.2 Å². The third kappa shape index (κ3) is 23.2. The normalized spacial score (nSPS) is 19.0. The number of nitrogens with zero attached hydrogens (tertiary/aromatic N) is 9. The molecule has 117 heavy (non-hydrogen) atoms. The van der Waals surface area contributed by atoms with Gasteiger partial charge < -0.3 is 115 Å². The van der Waals surface area contributed by atoms with Crippen molar-refractivity contribution >= 4 is 61.8 Å². The van der Waals surface area contributed by atoms with E-state index in [1.54, 1.807) is 75.6 Å². The van der Waals surface area contributed by atoms with Gasteiger partial charge in [0.05, 0.1) is 161 Å². The fourth-order valence-electron chi connectivity index (χ4n) is 12.6. The number of aliphatic hydroxyl groups is 4. The number of hydrogen-bond acceptors (Lipinski definition) is 34. The molecule has 3 saturated heterocycles. The molecule has 7 heterocycles. The number of methoxy groups -OCH3 is 2. The summed E-state index contributed by atoms with van der Waals surface area (Å²) >= 11 is 0. The van der Waals surface area contributed by atoms with Crippen LogP contribution in [0.3, 0.4) is 0 Å². The van der Waals surface area contributed by atoms with Crippen LogP contribution in [0.5, 0.6) is 46.0 Å². The molecule has 40 heteroatoms. The summed E-state index contributed by atoms with van der Waals surface area (Å²) in [7, 11) is -6.09. The Morgan fingerprint density at radius 1 is 0.573 bits per heavy atom. The lowest BCUT2D eigenvalue weighted by Crippen LogP contribution is -2.60. The summed E-state index contributed by atoms with van der Waals surface area (Å²) in [5.74, 6) is -1.35. The van der Waals surface area contributed by atoms with E-state index in [1.165, 1.54) is 44.6 Å². The smallest absolute Gasteiger partial charge is 0.493 e. The molecular formula is C77H90N10O28S2. The first kappa shape index (κ1) is 85.8. The Labute approximate surface area is 672 Å². The minimum absolute atomic E-state index is 0.0200. The average molecular weight is 1670 g/mol. The molecule has 5 N–H and O–H groups in total. The molecule has 38 nitrogen and oxygen atoms in total. The highest BCUT2D eigenvalue weighted by Gasteiger charge is 2.45. The van der Waals surface area contributed by atoms with E-state index in [1.807, 2.05) is 0 Å². The van der Waals surface area contributed by atoms with E-state index in [0.29, 0.717) is 131 Å². The largest absolute Gasteiger partial charge is 0.501 e. The van der Waals surface area contributed by atoms with Crippen LogP contribution in [0.25, 0.3) is 11.5 Å². The van der Waals surface area contributed by atoms with Gasteiger partial charge in [0, 0.05) is 61.6 Å². The summed E-state index contributed by atoms with van der Waals surface area (Å²) in [6, 6.07) is 20.0. The van der Waals surface area contributed by atoms with Gasteiger partial charge in [0.1, 0.15) is 61.4 Å². The van der Waals surface area contributed by atoms with Crippen molar-refractivity contribution in [2.75, 3.05) is 139 Å². The number of amides is 3. The van der Waals surface area contributed by atoms with Crippen LogP contribution in [0.2, 0.25) is 0 Å². The lowest BCUT2D eigenvalue weighted by Gasteiger charge is -2.39. The van der Waals surface area contributed by atoms with Gasteiger partial charge in [-0.3, -0.25) is 24.4 Å². The maximum atomic E-state index is 14.4. The Hall–Kier alpha value is -10.6. The number of carbonyl (C=O) groups excluding carboxylic acids is 3. The number of ether oxygens (including phenoxy) is 14. The third-order valence-corrected chi connectivity index (χ3v) is 20.0. The fourth-order valence-corrected chi connectivity index (χ4v) is 13.7. The predicted molar refractivity (Wildman–Crippen MR) is 411 cm³/mol. The van der Waals surface area contributed by atoms with Gasteiger partial charge in [-0.05, 0) is 96.8 Å². The number of hydrogen-bond donors (Lipinski definition) is 5. The van der Waals surface area contributed by atoms with Crippen molar-refractivity contribution in [3.63, 3.8) is 0 Å². The molecule has 5 aliphatic heterocycles. The SMILES string of the molecule is C=C1C[C@H]2C=Nc3cc(OCc4cc(COc5cc6c(cc5OC)C(=O)N5CC(=C)C[C@H]5C=N6)cc(OS(=O)(=O)Oc5cc(C(=O)NCCOCCOCCOCCn6cc(COCCOCCOCCOCCOc7ccc(-c8nnc(S(C)(=O)=O)o8)cc7)nn6)ccc5OC5O[C@H](CO)[C@H](O)[C@H](O)[C@H]5O)c4)c(OC)cc3C(=O)N2C1. The molecule has 7 atom stereocenters. The monoisotopic (exact) mass is 1670 g/mol. The molecule has 0 bridgehead atoms. The highest BCUT2D eigenvalue weighted by atomic mass is 32.3. The first-order valence-corrected chi connectivity index (χ1v) is 40.3. The van der Waals surface area contributed by atoms with Gasteiger partial charge in [0.25, 0.3) is 17.7 Å². The maximum Gasteiger partial charge on any atom is 0.501 e. The van der Waals surface area contributed by atoms with Gasteiger partial charge in [-0.15, -0.1) is 18.6 Å². The van der Waals surface area contributed by atoms with Crippen LogP contribution in [0.1, 0.15) is 60.7 Å². The molecular weight excluding hydrogens is 1580 g/mol. The van der Waals surface area contributed by atoms with E-state index in [0.717, 1.165) is 29.5 Å². The number of rotatable bonds is 45. The maximum absolute atomic E-state index is 14.4. The van der Waals surface area contributed by atoms with Crippen LogP contribution < -0.4 is 42.1 Å². The Balaban J connectivity index is 0.584. The van der Waals surface area contributed by atoms with Gasteiger partial charge >= 0.3 is 15.6 Å². The molecule has 0 radical (unpaired) electrons. The number of benzene rings is 5. The Kier molecular flexibility index (Phi) is 29.7. The summed E-state index contributed by atoms with van der Waals surface area (Å²) in [5, 5.41) is 59.9. The van der Waals surface area contributed by atoms with Crippen LogP contribution in [0.15, 0.2) is 135 Å². The Morgan fingerprint density at radius 3 is 1.68 bits per heavy atom. The molecule has 0 spiro atoms. The zero-order chi connectivity index (χ0) is 82.6. The zero-order valence-corrected chi connectivity index (χ0v) is 65.8. The molecule has 2 aromatic heterocycles. The van der Waals surface area contributed by atoms with Crippen molar-refractivity contribution in [3.8, 4) is 57.5 Å². The topological polar surface area (TPSA) is 461 Å². The molecule has 3 fully saturated rings. The summed E-state index contributed by atoms with van der Waals surface area (Å²) in [4.78, 5) is 53.9. The van der Waals surface area contributed by atoms with Gasteiger partial charge in [-0.25, -0.2) is 13.1 Å². The zero-order valence-electron chi connectivity index (χ0n) is 64.2. The standard InChI is InChI=1S/C77H90N10O28S2/c1-47-28-54-38-79-60-36-65(63(99-3)34-58(60)74(93)86(54)40-47)109-44-49-30-50(45-110-66-37-61-59(35-64(66)100-4)75(94)87-41-48(2)29-55(87)39-80-61)32-57(31-49)114-117(97,98)115-67-33-52(8-11-62(67)111-76-71(91)70(90)69(89)68(43-88)112-76)72(92)78-12-14-101-16-18-103-19-17-102-15-13-85-42-53(81-84-85)46-107-25-24-105-21-20-104-22-23-106-26-27-108-56-9-6-51(7-10-56)73-82-83-77(113-73)116(5,95)96/h6-11,30-39,42,54-55,68-71,76,88-91H,1-2,12-29,40-41,43-46H2,3-5H3,(H,78,92)/t54-,55-,68+,69-,70-,71+,76?/m0/s1. The molecule has 628 valence electrons. The molecule has 5 aliphatic rings. The summed E-state index contributed by atoms with van der Waals surface area (Å²) in [5.41, 5.74) is 4.61. The third-order valence-electron chi connectivity index (χ3n) is 18.4. The second kappa shape index (κ2) is 40.5. The van der Waals surface area contributed by atoms with Crippen LogP contribution in [0.4, 0.5) is 11.4 Å². The van der Waals surface area contributed by atoms with E-state index in [4.69, 9.17) is 79.1 Å². The molecule has 0 aliphatic carbocycles. The quantitative estimate of drug-likeness (QED) is 0.0267. The number of aliphatic imine (C=N–C) groups is 2. The van der Waals surface area contributed by atoms with Crippen LogP contribution in [-0.2, 0) is 84.5 Å². The minimum Gasteiger partial charge on any atom is -0.493 e. The van der Waals surface area contributed by atoms with Crippen LogP contribution >= 0.6 is 0 Å². The molecule has 7 aromatic rings. The predicted octanol–water partition coefficient (Wildman–Crippen LogP) is 3.89. The van der Waals surface area contributed by atoms with Gasteiger partial charge in [-0.2, -0.15) is 0 Å². The summed E-state index contributed by atoms with van der Waals surface area (Å²) < 4.78 is 151. The molecule has 12 rings (SSSR count). The molecule has 3 amide bonds. The van der Waals surface area contributed by atoms with Gasteiger partial charge in [-0.1, -0.05) is 34.6 Å². The summed E-state index contributed by atoms with van der Waals surface area (Å²) in [6.45, 7) is 12.2. The van der Waals surface area contributed by atoms with E-state index in [9.17, 15) is 51.6 Å². The van der Waals surface area contributed by atoms with Crippen molar-refractivity contribution in [1.82, 2.24) is 40.3 Å². The Bertz CT molecular complexity index is 4800. The van der Waals surface area contributed by atoms with E-state index in [-0.39, 0.29) is 135 Å². The van der Waals surface area contributed by atoms with E-state index < -0.39 is 80.2 Å². The average Bonchev–Trinajstić information content (AvgIpc) is 1.22. The number of aromatic nitrogens is 5. The number of nitrogens with one attached hydrogen (secondary N) is 1. The highest BCUT2D eigenvalue weighted by Crippen LogP contribution is 2.42. The van der Waals surface area contributed by atoms with Crippen molar-refractivity contribution in [2.24, 2.45) is 9.98 Å². The number of carbonyl (C=O) groups is 3. The van der Waals surface area contributed by atoms with Gasteiger partial charge in [0.15, 0.2) is 34.5 Å². The van der Waals surface area contributed by atoms with E-state index in [2.05, 4.69) is 49.0 Å². The fraction of sp³-hybridized carbons (Fsp3) is 0.442. The van der Waals surface area contributed by atoms with Crippen LogP contribution in [-0.4, -0.2) is 284 Å². The summed E-state index contributed by atoms with van der Waals surface area (Å²) in [6.07, 6.45) is -1.67. The minimum atomic E-state index is -5.30. The number of fused-ring (bicyclic) bond motifs is 4. The number of sulfone groups is 1. The lowest BCUT2D eigenvalue weighted by molar-refractivity contribution is -0.277. The lowest BCUT2D eigenvalue weighted by atomic mass is 9.99. The second-order valence-electron chi connectivity index (χ2n) is 27.1.